The quantitative estimate of drug-likeness (QED) is 0.414. The Balaban J connectivity index is 2.29. The van der Waals surface area contributed by atoms with Crippen molar-refractivity contribution in [3.8, 4) is 0 Å². The first-order valence-corrected chi connectivity index (χ1v) is 11.3. The number of rotatable bonds is 9. The van der Waals surface area contributed by atoms with Crippen LogP contribution in [-0.2, 0) is 0 Å². The summed E-state index contributed by atoms with van der Waals surface area (Å²) in [5.41, 5.74) is 6.81. The van der Waals surface area contributed by atoms with Crippen molar-refractivity contribution in [1.29, 1.82) is 0 Å². The zero-order chi connectivity index (χ0) is 23.8. The summed E-state index contributed by atoms with van der Waals surface area (Å²) in [5, 5.41) is 2.08. The van der Waals surface area contributed by atoms with Gasteiger partial charge < -0.3 is 4.48 Å². The molecule has 0 saturated heterocycles. The van der Waals surface area contributed by atoms with Crippen LogP contribution < -0.4 is 27.7 Å². The molecule has 0 amide bonds. The lowest BCUT2D eigenvalue weighted by molar-refractivity contribution is 1.12. The summed E-state index contributed by atoms with van der Waals surface area (Å²) in [6.45, 7) is 16.2. The molecule has 160 valence electrons. The van der Waals surface area contributed by atoms with Gasteiger partial charge in [0.1, 0.15) is 5.72 Å². The van der Waals surface area contributed by atoms with Crippen LogP contribution in [0.2, 0.25) is 6.82 Å². The molecule has 0 aliphatic rings. The van der Waals surface area contributed by atoms with Crippen LogP contribution in [0.1, 0.15) is 23.7 Å². The fraction of sp³-hybridized carbons (Fsp3) is 0.0800. The maximum absolute atomic E-state index is 4.70. The molecule has 0 aliphatic carbocycles. The number of benzene rings is 1. The van der Waals surface area contributed by atoms with E-state index in [4.69, 9.17) is 9.97 Å². The number of hydrogen-bond acceptors (Lipinski definition) is 3. The van der Waals surface area contributed by atoms with Crippen molar-refractivity contribution in [2.24, 2.45) is 0 Å². The smallest absolute Gasteiger partial charge is 0.321 e. The van der Waals surface area contributed by atoms with E-state index in [2.05, 4.69) is 81.0 Å². The third kappa shape index (κ3) is 5.46. The van der Waals surface area contributed by atoms with Gasteiger partial charge in [-0.15, -0.1) is 0 Å². The third-order valence-electron chi connectivity index (χ3n) is 5.47. The predicted molar refractivity (Wildman–Crippen MR) is 153 cm³/mol. The molecule has 0 bridgehead atoms. The summed E-state index contributed by atoms with van der Waals surface area (Å²) in [6, 6.07) is 10.4. The van der Waals surface area contributed by atoms with Crippen molar-refractivity contribution >= 4 is 76.6 Å². The van der Waals surface area contributed by atoms with Gasteiger partial charge in [0.15, 0.2) is 7.17 Å². The van der Waals surface area contributed by atoms with Gasteiger partial charge in [-0.2, -0.15) is 0 Å². The first-order valence-electron chi connectivity index (χ1n) is 11.3. The molecule has 0 saturated carbocycles. The molecule has 0 aliphatic heterocycles. The molecule has 2 aromatic heterocycles. The summed E-state index contributed by atoms with van der Waals surface area (Å²) in [6.07, 6.45) is 11.8. The molecule has 0 radical (unpaired) electrons. The Bertz CT molecular complexity index is 1300. The lowest BCUT2D eigenvalue weighted by atomic mass is 9.55. The van der Waals surface area contributed by atoms with E-state index in [1.54, 1.807) is 6.08 Å². The van der Waals surface area contributed by atoms with Crippen LogP contribution in [0.3, 0.4) is 0 Å². The summed E-state index contributed by atoms with van der Waals surface area (Å²) in [5.74, 6) is 0. The highest BCUT2D eigenvalue weighted by Gasteiger charge is 2.15. The molecule has 2 heterocycles. The van der Waals surface area contributed by atoms with Crippen LogP contribution in [0.4, 0.5) is 0 Å². The van der Waals surface area contributed by atoms with Crippen LogP contribution >= 0.6 is 0 Å². The van der Waals surface area contributed by atoms with E-state index >= 15 is 0 Å². The first-order chi connectivity index (χ1) is 16.1. The molecule has 0 spiro atoms. The zero-order valence-corrected chi connectivity index (χ0v) is 19.9. The SMILES string of the molecule is BBc1nc(BC)nc(Bn2c(C=C)c(/C=C(\C)c3ccccc3)c(=C/C=C)/c2=C\C=C)n1. The summed E-state index contributed by atoms with van der Waals surface area (Å²) in [4.78, 5) is 13.9. The Morgan fingerprint density at radius 3 is 2.24 bits per heavy atom. The van der Waals surface area contributed by atoms with Crippen LogP contribution in [0.25, 0.3) is 29.9 Å². The predicted octanol–water partition coefficient (Wildman–Crippen LogP) is -0.945. The highest BCUT2D eigenvalue weighted by Crippen LogP contribution is 2.18. The Hall–Kier alpha value is -3.53. The van der Waals surface area contributed by atoms with Crippen LogP contribution in [-0.4, -0.2) is 49.0 Å². The highest BCUT2D eigenvalue weighted by molar-refractivity contribution is 6.96. The van der Waals surface area contributed by atoms with Gasteiger partial charge in [0.2, 0.25) is 7.28 Å². The molecule has 33 heavy (non-hydrogen) atoms. The van der Waals surface area contributed by atoms with Crippen LogP contribution in [0.15, 0.2) is 62.2 Å². The van der Waals surface area contributed by atoms with Gasteiger partial charge in [-0.25, -0.2) is 15.0 Å². The summed E-state index contributed by atoms with van der Waals surface area (Å²) >= 11 is 0. The van der Waals surface area contributed by atoms with Crippen LogP contribution in [0.5, 0.6) is 0 Å². The van der Waals surface area contributed by atoms with Crippen molar-refractivity contribution in [3.05, 3.63) is 89.6 Å². The maximum atomic E-state index is 4.70. The second-order valence-electron chi connectivity index (χ2n) is 7.68. The Morgan fingerprint density at radius 1 is 0.970 bits per heavy atom. The fourth-order valence-electron chi connectivity index (χ4n) is 3.87. The Morgan fingerprint density at radius 2 is 1.64 bits per heavy atom. The summed E-state index contributed by atoms with van der Waals surface area (Å²) in [7, 11) is 4.12. The van der Waals surface area contributed by atoms with Gasteiger partial charge in [-0.1, -0.05) is 75.1 Å². The molecule has 0 atom stereocenters. The van der Waals surface area contributed by atoms with Gasteiger partial charge in [0, 0.05) is 21.8 Å². The minimum atomic E-state index is 0.514. The standard InChI is InChI=1S/C25H28B4N4/c1-6-12-19-20(16-17(4)18-14-10-9-11-15-18)21(8-3)33(22(19)13-7-2)29-25-31-23(27-5)30-24(28-26)32-25/h6-16,27-29H,1-3,26H2,4-5H3/b17-16+,19-12-,22-13+. The highest BCUT2D eigenvalue weighted by atomic mass is 15.0. The third-order valence-corrected chi connectivity index (χ3v) is 5.47. The molecule has 0 N–H and O–H groups in total. The van der Waals surface area contributed by atoms with Crippen molar-refractivity contribution < 1.29 is 0 Å². The van der Waals surface area contributed by atoms with E-state index in [-0.39, 0.29) is 0 Å². The number of aromatic nitrogens is 4. The van der Waals surface area contributed by atoms with Crippen molar-refractivity contribution in [3.63, 3.8) is 0 Å². The van der Waals surface area contributed by atoms with Gasteiger partial charge >= 0.3 is 7.41 Å². The molecular formula is C25H28B4N4. The second kappa shape index (κ2) is 11.4. The molecule has 1 aromatic carbocycles. The van der Waals surface area contributed by atoms with E-state index in [0.29, 0.717) is 7.41 Å². The number of allylic oxidation sites excluding steroid dienone is 3. The largest absolute Gasteiger partial charge is 0.380 e. The van der Waals surface area contributed by atoms with E-state index in [9.17, 15) is 0 Å². The van der Waals surface area contributed by atoms with Gasteiger partial charge in [-0.05, 0) is 36.3 Å². The molecule has 3 rings (SSSR count). The molecule has 8 heteroatoms. The maximum Gasteiger partial charge on any atom is 0.321 e. The lowest BCUT2D eigenvalue weighted by Crippen LogP contribution is -2.47. The zero-order valence-electron chi connectivity index (χ0n) is 19.9. The average molecular weight is 428 g/mol. The van der Waals surface area contributed by atoms with Crippen molar-refractivity contribution in [2.75, 3.05) is 0 Å². The fourth-order valence-corrected chi connectivity index (χ4v) is 3.87. The number of nitrogens with zero attached hydrogens (tertiary/aromatic N) is 4. The van der Waals surface area contributed by atoms with E-state index in [0.717, 1.165) is 53.4 Å². The van der Waals surface area contributed by atoms with Crippen molar-refractivity contribution in [2.45, 2.75) is 13.7 Å². The van der Waals surface area contributed by atoms with E-state index < -0.39 is 0 Å². The minimum absolute atomic E-state index is 0.514. The minimum Gasteiger partial charge on any atom is -0.380 e. The van der Waals surface area contributed by atoms with E-state index in [1.807, 2.05) is 30.4 Å². The molecule has 0 fully saturated rings. The van der Waals surface area contributed by atoms with E-state index in [1.165, 1.54) is 11.1 Å². The summed E-state index contributed by atoms with van der Waals surface area (Å²) < 4.78 is 2.20. The second-order valence-corrected chi connectivity index (χ2v) is 7.68. The topological polar surface area (TPSA) is 43.6 Å². The monoisotopic (exact) mass is 428 g/mol. The number of hydrogen-bond donors (Lipinski definition) is 0. The molecular weight excluding hydrogens is 400 g/mol. The molecule has 4 nitrogen and oxygen atoms in total. The Kier molecular flexibility index (Phi) is 8.31. The lowest BCUT2D eigenvalue weighted by Gasteiger charge is -2.09. The first kappa shape index (κ1) is 24.1. The normalized spacial score (nSPS) is 12.4. The molecule has 0 unspecified atom stereocenters. The average Bonchev–Trinajstić information content (AvgIpc) is 3.10. The van der Waals surface area contributed by atoms with Gasteiger partial charge in [0.05, 0.1) is 19.2 Å². The van der Waals surface area contributed by atoms with Crippen molar-refractivity contribution in [1.82, 2.24) is 19.4 Å². The van der Waals surface area contributed by atoms with Gasteiger partial charge in [0.25, 0.3) is 0 Å². The van der Waals surface area contributed by atoms with Crippen LogP contribution in [0, 0.1) is 0 Å². The molecule has 3 aromatic rings. The Labute approximate surface area is 199 Å². The van der Waals surface area contributed by atoms with Gasteiger partial charge in [-0.3, -0.25) is 0 Å².